The number of ether oxygens (including phenoxy) is 1. The first-order valence-corrected chi connectivity index (χ1v) is 5.01. The van der Waals surface area contributed by atoms with Crippen LogP contribution in [0.3, 0.4) is 0 Å². The zero-order valence-corrected chi connectivity index (χ0v) is 9.60. The molecule has 0 aliphatic rings. The highest BCUT2D eigenvalue weighted by Gasteiger charge is 2.09. The molecule has 2 N–H and O–H groups in total. The highest BCUT2D eigenvalue weighted by molar-refractivity contribution is 9.10. The quantitative estimate of drug-likeness (QED) is 0.911. The minimum Gasteiger partial charge on any atom is -0.383 e. The van der Waals surface area contributed by atoms with Crippen molar-refractivity contribution in [2.75, 3.05) is 13.7 Å². The van der Waals surface area contributed by atoms with Gasteiger partial charge in [-0.2, -0.15) is 0 Å². The molecule has 0 aliphatic heterocycles. The Balaban J connectivity index is 2.88. The minimum atomic E-state index is -0.114. The third-order valence-corrected chi connectivity index (χ3v) is 2.63. The van der Waals surface area contributed by atoms with Crippen LogP contribution in [0.25, 0.3) is 0 Å². The minimum absolute atomic E-state index is 0.114. The van der Waals surface area contributed by atoms with E-state index >= 15 is 0 Å². The Bertz CT molecular complexity index is 293. The predicted molar refractivity (Wildman–Crippen MR) is 58.0 cm³/mol. The van der Waals surface area contributed by atoms with Crippen molar-refractivity contribution in [1.82, 2.24) is 0 Å². The maximum atomic E-state index is 5.86. The van der Waals surface area contributed by atoms with Crippen molar-refractivity contribution >= 4 is 27.5 Å². The van der Waals surface area contributed by atoms with Crippen LogP contribution >= 0.6 is 27.5 Å². The van der Waals surface area contributed by atoms with Crippen LogP contribution in [0.2, 0.25) is 5.02 Å². The Kier molecular flexibility index (Phi) is 4.19. The Hall–Kier alpha value is -0.0900. The lowest BCUT2D eigenvalue weighted by atomic mass is 10.1. The molecule has 4 heteroatoms. The topological polar surface area (TPSA) is 35.2 Å². The largest absolute Gasteiger partial charge is 0.383 e. The first kappa shape index (κ1) is 11.0. The summed E-state index contributed by atoms with van der Waals surface area (Å²) in [5, 5.41) is 0.695. The molecule has 0 aliphatic carbocycles. The van der Waals surface area contributed by atoms with E-state index in [1.807, 2.05) is 18.2 Å². The summed E-state index contributed by atoms with van der Waals surface area (Å²) in [6.45, 7) is 0.500. The Morgan fingerprint density at radius 1 is 1.62 bits per heavy atom. The third-order valence-electron chi connectivity index (χ3n) is 1.71. The fourth-order valence-electron chi connectivity index (χ4n) is 1.07. The molecule has 1 aromatic carbocycles. The summed E-state index contributed by atoms with van der Waals surface area (Å²) in [6, 6.07) is 5.43. The van der Waals surface area contributed by atoms with Gasteiger partial charge in [-0.25, -0.2) is 0 Å². The molecule has 0 aromatic heterocycles. The van der Waals surface area contributed by atoms with E-state index in [1.54, 1.807) is 7.11 Å². The molecule has 0 heterocycles. The summed E-state index contributed by atoms with van der Waals surface area (Å²) in [7, 11) is 1.63. The molecule has 2 nitrogen and oxygen atoms in total. The summed E-state index contributed by atoms with van der Waals surface area (Å²) in [4.78, 5) is 0. The number of hydrogen-bond donors (Lipinski definition) is 1. The fourth-order valence-corrected chi connectivity index (χ4v) is 2.05. The second-order valence-corrected chi connectivity index (χ2v) is 4.02. The normalized spacial score (nSPS) is 12.9. The molecule has 0 bridgehead atoms. The van der Waals surface area contributed by atoms with Gasteiger partial charge in [-0.05, 0) is 17.7 Å². The van der Waals surface area contributed by atoms with E-state index in [2.05, 4.69) is 15.9 Å². The van der Waals surface area contributed by atoms with E-state index in [0.29, 0.717) is 11.6 Å². The van der Waals surface area contributed by atoms with Crippen molar-refractivity contribution < 1.29 is 4.74 Å². The van der Waals surface area contributed by atoms with Crippen LogP contribution in [0.5, 0.6) is 0 Å². The second kappa shape index (κ2) is 4.96. The highest BCUT2D eigenvalue weighted by Crippen LogP contribution is 2.25. The Labute approximate surface area is 91.2 Å². The van der Waals surface area contributed by atoms with Gasteiger partial charge in [0.05, 0.1) is 12.6 Å². The van der Waals surface area contributed by atoms with Crippen LogP contribution in [-0.4, -0.2) is 13.7 Å². The SMILES string of the molecule is COC[C@@H](N)c1ccc(Cl)cc1Br. The second-order valence-electron chi connectivity index (χ2n) is 2.73. The van der Waals surface area contributed by atoms with Gasteiger partial charge in [0.25, 0.3) is 0 Å². The summed E-state index contributed by atoms with van der Waals surface area (Å²) < 4.78 is 5.89. The Morgan fingerprint density at radius 2 is 2.31 bits per heavy atom. The van der Waals surface area contributed by atoms with Crippen molar-refractivity contribution in [1.29, 1.82) is 0 Å². The van der Waals surface area contributed by atoms with Crippen LogP contribution in [0, 0.1) is 0 Å². The van der Waals surface area contributed by atoms with Crippen LogP contribution in [0.15, 0.2) is 22.7 Å². The lowest BCUT2D eigenvalue weighted by Gasteiger charge is -2.12. The molecule has 0 amide bonds. The maximum Gasteiger partial charge on any atom is 0.0655 e. The average Bonchev–Trinajstić information content (AvgIpc) is 2.04. The van der Waals surface area contributed by atoms with Crippen molar-refractivity contribution in [2.45, 2.75) is 6.04 Å². The standard InChI is InChI=1S/C9H11BrClNO/c1-13-5-9(12)7-3-2-6(11)4-8(7)10/h2-4,9H,5,12H2,1H3/t9-/m1/s1. The van der Waals surface area contributed by atoms with Gasteiger partial charge in [0.2, 0.25) is 0 Å². The zero-order valence-electron chi connectivity index (χ0n) is 7.26. The van der Waals surface area contributed by atoms with Crippen molar-refractivity contribution in [3.8, 4) is 0 Å². The highest BCUT2D eigenvalue weighted by atomic mass is 79.9. The lowest BCUT2D eigenvalue weighted by molar-refractivity contribution is 0.180. The number of rotatable bonds is 3. The van der Waals surface area contributed by atoms with Crippen molar-refractivity contribution in [3.05, 3.63) is 33.3 Å². The monoisotopic (exact) mass is 263 g/mol. The molecular weight excluding hydrogens is 253 g/mol. The molecule has 1 rings (SSSR count). The summed E-state index contributed by atoms with van der Waals surface area (Å²) in [6.07, 6.45) is 0. The molecule has 0 fully saturated rings. The van der Waals surface area contributed by atoms with E-state index < -0.39 is 0 Å². The number of halogens is 2. The van der Waals surface area contributed by atoms with E-state index in [-0.39, 0.29) is 6.04 Å². The van der Waals surface area contributed by atoms with Crippen LogP contribution in [0.1, 0.15) is 11.6 Å². The van der Waals surface area contributed by atoms with Gasteiger partial charge in [-0.1, -0.05) is 33.6 Å². The summed E-state index contributed by atoms with van der Waals surface area (Å²) >= 11 is 9.19. The van der Waals surface area contributed by atoms with Crippen LogP contribution in [0.4, 0.5) is 0 Å². The smallest absolute Gasteiger partial charge is 0.0655 e. The Morgan fingerprint density at radius 3 is 2.85 bits per heavy atom. The van der Waals surface area contributed by atoms with Crippen molar-refractivity contribution in [2.24, 2.45) is 5.73 Å². The molecule has 0 radical (unpaired) electrons. The number of hydrogen-bond acceptors (Lipinski definition) is 2. The number of benzene rings is 1. The molecule has 0 saturated heterocycles. The van der Waals surface area contributed by atoms with E-state index in [9.17, 15) is 0 Å². The first-order valence-electron chi connectivity index (χ1n) is 3.84. The predicted octanol–water partition coefficient (Wildman–Crippen LogP) is 2.75. The van der Waals surface area contributed by atoms with Gasteiger partial charge in [-0.15, -0.1) is 0 Å². The van der Waals surface area contributed by atoms with E-state index in [0.717, 1.165) is 10.0 Å². The summed E-state index contributed by atoms with van der Waals surface area (Å²) in [5.41, 5.74) is 6.86. The molecule has 0 unspecified atom stereocenters. The molecule has 0 spiro atoms. The van der Waals surface area contributed by atoms with Gasteiger partial charge in [0.1, 0.15) is 0 Å². The first-order chi connectivity index (χ1) is 6.15. The molecule has 1 atom stereocenters. The lowest BCUT2D eigenvalue weighted by Crippen LogP contribution is -2.16. The number of nitrogens with two attached hydrogens (primary N) is 1. The maximum absolute atomic E-state index is 5.86. The van der Waals surface area contributed by atoms with Crippen LogP contribution in [-0.2, 0) is 4.74 Å². The third kappa shape index (κ3) is 2.95. The summed E-state index contributed by atoms with van der Waals surface area (Å²) in [5.74, 6) is 0. The van der Waals surface area contributed by atoms with Gasteiger partial charge in [0.15, 0.2) is 0 Å². The van der Waals surface area contributed by atoms with Gasteiger partial charge in [-0.3, -0.25) is 0 Å². The van der Waals surface area contributed by atoms with Gasteiger partial charge < -0.3 is 10.5 Å². The fraction of sp³-hybridized carbons (Fsp3) is 0.333. The van der Waals surface area contributed by atoms with Crippen LogP contribution < -0.4 is 5.73 Å². The molecular formula is C9H11BrClNO. The zero-order chi connectivity index (χ0) is 9.84. The molecule has 72 valence electrons. The van der Waals surface area contributed by atoms with Gasteiger partial charge in [0, 0.05) is 16.6 Å². The molecule has 1 aromatic rings. The molecule has 0 saturated carbocycles. The van der Waals surface area contributed by atoms with E-state index in [1.165, 1.54) is 0 Å². The van der Waals surface area contributed by atoms with Gasteiger partial charge >= 0.3 is 0 Å². The number of methoxy groups -OCH3 is 1. The van der Waals surface area contributed by atoms with E-state index in [4.69, 9.17) is 22.1 Å². The molecule has 13 heavy (non-hydrogen) atoms. The van der Waals surface area contributed by atoms with Crippen molar-refractivity contribution in [3.63, 3.8) is 0 Å². The average molecular weight is 265 g/mol.